The average Bonchev–Trinajstić information content (AvgIpc) is 3.11. The first-order chi connectivity index (χ1) is 14.5. The molecule has 2 aromatic heterocycles. The Hall–Kier alpha value is -1.83. The first-order valence-corrected chi connectivity index (χ1v) is 12.4. The van der Waals surface area contributed by atoms with Gasteiger partial charge in [-0.05, 0) is 68.9 Å². The lowest BCUT2D eigenvalue weighted by molar-refractivity contribution is -0.119. The number of thioether (sulfide) groups is 1. The second-order valence-electron chi connectivity index (χ2n) is 7.57. The van der Waals surface area contributed by atoms with Crippen molar-refractivity contribution in [2.45, 2.75) is 57.1 Å². The number of rotatable bonds is 6. The molecule has 0 radical (unpaired) electrons. The van der Waals surface area contributed by atoms with Crippen LogP contribution in [0.5, 0.6) is 0 Å². The van der Waals surface area contributed by atoms with Crippen molar-refractivity contribution in [2.75, 3.05) is 5.75 Å². The molecule has 158 valence electrons. The van der Waals surface area contributed by atoms with Gasteiger partial charge in [0, 0.05) is 15.9 Å². The number of thiophene rings is 1. The van der Waals surface area contributed by atoms with Crippen LogP contribution in [0.4, 0.5) is 0 Å². The zero-order chi connectivity index (χ0) is 21.3. The third-order valence-corrected chi connectivity index (χ3v) is 7.77. The average molecular weight is 462 g/mol. The lowest BCUT2D eigenvalue weighted by Gasteiger charge is -2.14. The Labute approximate surface area is 188 Å². The van der Waals surface area contributed by atoms with Gasteiger partial charge >= 0.3 is 0 Å². The molecule has 0 saturated heterocycles. The number of aryl methyl sites for hydroxylation is 2. The van der Waals surface area contributed by atoms with Crippen LogP contribution in [-0.4, -0.2) is 27.3 Å². The Kier molecular flexibility index (Phi) is 6.51. The van der Waals surface area contributed by atoms with E-state index in [4.69, 9.17) is 16.6 Å². The van der Waals surface area contributed by atoms with E-state index in [1.807, 2.05) is 26.0 Å². The van der Waals surface area contributed by atoms with Crippen LogP contribution in [-0.2, 0) is 17.6 Å². The summed E-state index contributed by atoms with van der Waals surface area (Å²) in [5, 5.41) is 4.84. The molecule has 1 aliphatic carbocycles. The predicted octanol–water partition coefficient (Wildman–Crippen LogP) is 4.99. The Bertz CT molecular complexity index is 1140. The van der Waals surface area contributed by atoms with Crippen LogP contribution in [0.15, 0.2) is 34.2 Å². The summed E-state index contributed by atoms with van der Waals surface area (Å²) in [7, 11) is 0. The fraction of sp³-hybridized carbons (Fsp3) is 0.409. The number of hydrogen-bond acceptors (Lipinski definition) is 5. The maximum atomic E-state index is 13.6. The molecule has 1 amide bonds. The number of halogens is 1. The van der Waals surface area contributed by atoms with Crippen LogP contribution in [0.25, 0.3) is 15.9 Å². The minimum absolute atomic E-state index is 0.0585. The zero-order valence-corrected chi connectivity index (χ0v) is 19.4. The molecule has 1 atom stereocenters. The summed E-state index contributed by atoms with van der Waals surface area (Å²) >= 11 is 8.98. The number of hydrogen-bond donors (Lipinski definition) is 1. The van der Waals surface area contributed by atoms with E-state index in [0.717, 1.165) is 47.9 Å². The third kappa shape index (κ3) is 4.29. The molecule has 5 nitrogen and oxygen atoms in total. The zero-order valence-electron chi connectivity index (χ0n) is 17.0. The van der Waals surface area contributed by atoms with Crippen molar-refractivity contribution >= 4 is 50.8 Å². The van der Waals surface area contributed by atoms with Gasteiger partial charge in [-0.15, -0.1) is 11.3 Å². The summed E-state index contributed by atoms with van der Waals surface area (Å²) in [6.07, 6.45) is 5.07. The molecule has 30 heavy (non-hydrogen) atoms. The van der Waals surface area contributed by atoms with Crippen molar-refractivity contribution in [3.05, 3.63) is 50.1 Å². The number of aromatic nitrogens is 2. The van der Waals surface area contributed by atoms with Gasteiger partial charge in [0.15, 0.2) is 5.16 Å². The van der Waals surface area contributed by atoms with Gasteiger partial charge in [0.1, 0.15) is 4.83 Å². The fourth-order valence-electron chi connectivity index (χ4n) is 3.65. The van der Waals surface area contributed by atoms with Crippen LogP contribution < -0.4 is 10.9 Å². The topological polar surface area (TPSA) is 64.0 Å². The highest BCUT2D eigenvalue weighted by Crippen LogP contribution is 2.35. The van der Waals surface area contributed by atoms with Gasteiger partial charge in [-0.3, -0.25) is 14.2 Å². The molecule has 1 N–H and O–H groups in total. The smallest absolute Gasteiger partial charge is 0.267 e. The molecule has 0 saturated carbocycles. The molecule has 4 rings (SSSR count). The predicted molar refractivity (Wildman–Crippen MR) is 125 cm³/mol. The highest BCUT2D eigenvalue weighted by atomic mass is 35.5. The number of nitrogens with one attached hydrogen (secondary N) is 1. The summed E-state index contributed by atoms with van der Waals surface area (Å²) in [5.74, 6) is 0.151. The highest BCUT2D eigenvalue weighted by molar-refractivity contribution is 7.99. The second kappa shape index (κ2) is 9.12. The fourth-order valence-corrected chi connectivity index (χ4v) is 5.90. The Morgan fingerprint density at radius 1 is 1.30 bits per heavy atom. The number of carbonyl (C=O) groups is 1. The number of amides is 1. The van der Waals surface area contributed by atoms with E-state index >= 15 is 0 Å². The molecule has 2 heterocycles. The molecule has 1 aliphatic rings. The molecular weight excluding hydrogens is 438 g/mol. The van der Waals surface area contributed by atoms with Gasteiger partial charge in [-0.1, -0.05) is 30.3 Å². The largest absolute Gasteiger partial charge is 0.353 e. The summed E-state index contributed by atoms with van der Waals surface area (Å²) in [6.45, 7) is 4.01. The number of benzene rings is 1. The van der Waals surface area contributed by atoms with Crippen molar-refractivity contribution in [3.63, 3.8) is 0 Å². The number of fused-ring (bicyclic) bond motifs is 3. The molecule has 0 fully saturated rings. The second-order valence-corrected chi connectivity index (χ2v) is 10.0. The van der Waals surface area contributed by atoms with E-state index in [1.54, 1.807) is 28.0 Å². The van der Waals surface area contributed by atoms with E-state index < -0.39 is 0 Å². The Morgan fingerprint density at radius 2 is 2.03 bits per heavy atom. The highest BCUT2D eigenvalue weighted by Gasteiger charge is 2.23. The van der Waals surface area contributed by atoms with Crippen LogP contribution in [0.2, 0.25) is 5.02 Å². The monoisotopic (exact) mass is 461 g/mol. The number of nitrogens with zero attached hydrogens (tertiary/aromatic N) is 2. The summed E-state index contributed by atoms with van der Waals surface area (Å²) < 4.78 is 1.63. The summed E-state index contributed by atoms with van der Waals surface area (Å²) in [4.78, 5) is 32.8. The molecular formula is C22H24ClN3O2S2. The number of carbonyl (C=O) groups excluding carboxylic acids is 1. The van der Waals surface area contributed by atoms with Crippen molar-refractivity contribution in [3.8, 4) is 5.69 Å². The first-order valence-electron chi connectivity index (χ1n) is 10.2. The maximum Gasteiger partial charge on any atom is 0.267 e. The van der Waals surface area contributed by atoms with E-state index in [9.17, 15) is 9.59 Å². The SMILES string of the molecule is CCC(C)NC(=O)CSc1nc2sc3c(c2c(=O)n1-c1ccc(Cl)cc1)CCCC3. The molecule has 3 aromatic rings. The quantitative estimate of drug-likeness (QED) is 0.415. The molecule has 0 bridgehead atoms. The lowest BCUT2D eigenvalue weighted by atomic mass is 9.97. The Morgan fingerprint density at radius 3 is 2.77 bits per heavy atom. The molecule has 0 spiro atoms. The third-order valence-electron chi connectivity index (χ3n) is 5.40. The van der Waals surface area contributed by atoms with Gasteiger partial charge in [0.05, 0.1) is 16.8 Å². The van der Waals surface area contributed by atoms with Gasteiger partial charge < -0.3 is 5.32 Å². The lowest BCUT2D eigenvalue weighted by Crippen LogP contribution is -2.33. The molecule has 8 heteroatoms. The molecule has 0 aliphatic heterocycles. The normalized spacial score (nSPS) is 14.5. The summed E-state index contributed by atoms with van der Waals surface area (Å²) in [6, 6.07) is 7.29. The van der Waals surface area contributed by atoms with E-state index in [2.05, 4.69) is 5.32 Å². The van der Waals surface area contributed by atoms with Crippen LogP contribution >= 0.6 is 34.7 Å². The van der Waals surface area contributed by atoms with Gasteiger partial charge in [-0.2, -0.15) is 0 Å². The van der Waals surface area contributed by atoms with Crippen molar-refractivity contribution in [1.29, 1.82) is 0 Å². The van der Waals surface area contributed by atoms with Gasteiger partial charge in [0.25, 0.3) is 5.56 Å². The van der Waals surface area contributed by atoms with E-state index in [1.165, 1.54) is 16.6 Å². The van der Waals surface area contributed by atoms with Crippen LogP contribution in [0.3, 0.4) is 0 Å². The van der Waals surface area contributed by atoms with Crippen molar-refractivity contribution < 1.29 is 4.79 Å². The first kappa shape index (κ1) is 21.4. The van der Waals surface area contributed by atoms with E-state index in [0.29, 0.717) is 15.9 Å². The minimum atomic E-state index is -0.0634. The van der Waals surface area contributed by atoms with Crippen LogP contribution in [0.1, 0.15) is 43.6 Å². The van der Waals surface area contributed by atoms with E-state index in [-0.39, 0.29) is 23.3 Å². The van der Waals surface area contributed by atoms with Gasteiger partial charge in [-0.25, -0.2) is 4.98 Å². The molecule has 1 unspecified atom stereocenters. The minimum Gasteiger partial charge on any atom is -0.353 e. The molecule has 1 aromatic carbocycles. The van der Waals surface area contributed by atoms with Crippen molar-refractivity contribution in [2.24, 2.45) is 0 Å². The van der Waals surface area contributed by atoms with Crippen molar-refractivity contribution in [1.82, 2.24) is 14.9 Å². The summed E-state index contributed by atoms with van der Waals surface area (Å²) in [5.41, 5.74) is 1.80. The standard InChI is InChI=1S/C22H24ClN3O2S2/c1-3-13(2)24-18(27)12-29-22-25-20-19(16-6-4-5-7-17(16)30-20)21(28)26(22)15-10-8-14(23)9-11-15/h8-11,13H,3-7,12H2,1-2H3,(H,24,27). The van der Waals surface area contributed by atoms with Crippen LogP contribution in [0, 0.1) is 0 Å². The van der Waals surface area contributed by atoms with Gasteiger partial charge in [0.2, 0.25) is 5.91 Å². The maximum absolute atomic E-state index is 13.6. The Balaban J connectivity index is 1.79.